The van der Waals surface area contributed by atoms with Crippen LogP contribution in [0.1, 0.15) is 37.6 Å². The first kappa shape index (κ1) is 13.6. The molecular formula is C15H17BrN4. The first-order chi connectivity index (χ1) is 9.46. The van der Waals surface area contributed by atoms with E-state index in [2.05, 4.69) is 39.7 Å². The van der Waals surface area contributed by atoms with E-state index in [1.54, 1.807) is 6.20 Å². The second-order valence-corrected chi connectivity index (χ2v) is 6.94. The van der Waals surface area contributed by atoms with Crippen LogP contribution in [-0.4, -0.2) is 15.0 Å². The molecule has 1 aliphatic carbocycles. The zero-order valence-corrected chi connectivity index (χ0v) is 13.2. The van der Waals surface area contributed by atoms with E-state index in [-0.39, 0.29) is 11.5 Å². The third-order valence-electron chi connectivity index (χ3n) is 3.69. The summed E-state index contributed by atoms with van der Waals surface area (Å²) in [5.74, 6) is 0.654. The molecule has 5 heteroatoms. The molecule has 2 N–H and O–H groups in total. The number of hydrogen-bond donors (Lipinski definition) is 1. The van der Waals surface area contributed by atoms with Gasteiger partial charge in [-0.15, -0.1) is 0 Å². The van der Waals surface area contributed by atoms with Crippen molar-refractivity contribution in [3.05, 3.63) is 40.3 Å². The molecule has 0 saturated carbocycles. The number of hydrogen-bond acceptors (Lipinski definition) is 4. The summed E-state index contributed by atoms with van der Waals surface area (Å²) in [7, 11) is 0. The van der Waals surface area contributed by atoms with Crippen molar-refractivity contribution in [3.63, 3.8) is 0 Å². The summed E-state index contributed by atoms with van der Waals surface area (Å²) in [5.41, 5.74) is 9.31. The summed E-state index contributed by atoms with van der Waals surface area (Å²) in [6.45, 7) is 4.46. The normalized spacial score (nSPS) is 20.5. The van der Waals surface area contributed by atoms with Crippen molar-refractivity contribution in [1.82, 2.24) is 15.0 Å². The molecule has 0 fully saturated rings. The van der Waals surface area contributed by atoms with Gasteiger partial charge in [0.25, 0.3) is 0 Å². The average Bonchev–Trinajstić information content (AvgIpc) is 2.37. The molecule has 20 heavy (non-hydrogen) atoms. The second-order valence-electron chi connectivity index (χ2n) is 6.08. The van der Waals surface area contributed by atoms with Crippen LogP contribution in [0, 0.1) is 5.41 Å². The van der Waals surface area contributed by atoms with Crippen molar-refractivity contribution >= 4 is 15.9 Å². The summed E-state index contributed by atoms with van der Waals surface area (Å²) in [6, 6.07) is 3.85. The van der Waals surface area contributed by atoms with Crippen molar-refractivity contribution in [2.24, 2.45) is 11.1 Å². The topological polar surface area (TPSA) is 64.7 Å². The summed E-state index contributed by atoms with van der Waals surface area (Å²) < 4.78 is 0.902. The predicted molar refractivity (Wildman–Crippen MR) is 82.0 cm³/mol. The average molecular weight is 333 g/mol. The van der Waals surface area contributed by atoms with Gasteiger partial charge in [-0.1, -0.05) is 13.8 Å². The highest BCUT2D eigenvalue weighted by molar-refractivity contribution is 9.10. The standard InChI is InChI=1S/C15H17BrN4/c1-15(2)6-11(17)9-8-19-14(20-12(9)7-15)13-10(16)4-3-5-18-13/h3-5,8,11H,6-7,17H2,1-2H3. The van der Waals surface area contributed by atoms with Gasteiger partial charge in [-0.25, -0.2) is 9.97 Å². The Hall–Kier alpha value is -1.33. The van der Waals surface area contributed by atoms with Crippen LogP contribution in [-0.2, 0) is 6.42 Å². The maximum absolute atomic E-state index is 6.24. The number of nitrogens with zero attached hydrogens (tertiary/aromatic N) is 3. The van der Waals surface area contributed by atoms with Crippen LogP contribution in [0.2, 0.25) is 0 Å². The monoisotopic (exact) mass is 332 g/mol. The first-order valence-electron chi connectivity index (χ1n) is 6.68. The van der Waals surface area contributed by atoms with Gasteiger partial charge in [-0.2, -0.15) is 0 Å². The molecule has 0 amide bonds. The van der Waals surface area contributed by atoms with E-state index in [1.807, 2.05) is 18.3 Å². The molecule has 2 heterocycles. The van der Waals surface area contributed by atoms with Crippen LogP contribution in [0.5, 0.6) is 0 Å². The Labute approximate surface area is 127 Å². The number of aromatic nitrogens is 3. The highest BCUT2D eigenvalue weighted by Gasteiger charge is 2.31. The third kappa shape index (κ3) is 2.47. The lowest BCUT2D eigenvalue weighted by molar-refractivity contribution is 0.278. The van der Waals surface area contributed by atoms with E-state index in [0.717, 1.165) is 34.3 Å². The Balaban J connectivity index is 2.08. The van der Waals surface area contributed by atoms with Crippen molar-refractivity contribution < 1.29 is 0 Å². The molecule has 0 spiro atoms. The minimum absolute atomic E-state index is 0.0231. The summed E-state index contributed by atoms with van der Waals surface area (Å²) >= 11 is 3.50. The zero-order chi connectivity index (χ0) is 14.3. The maximum Gasteiger partial charge on any atom is 0.179 e. The molecule has 104 valence electrons. The van der Waals surface area contributed by atoms with Gasteiger partial charge < -0.3 is 5.73 Å². The Morgan fingerprint density at radius 1 is 1.35 bits per heavy atom. The van der Waals surface area contributed by atoms with Gasteiger partial charge >= 0.3 is 0 Å². The van der Waals surface area contributed by atoms with Crippen molar-refractivity contribution in [1.29, 1.82) is 0 Å². The lowest BCUT2D eigenvalue weighted by Gasteiger charge is -2.34. The largest absolute Gasteiger partial charge is 0.324 e. The minimum atomic E-state index is 0.0231. The predicted octanol–water partition coefficient (Wildman–Crippen LogP) is 3.27. The highest BCUT2D eigenvalue weighted by Crippen LogP contribution is 2.39. The van der Waals surface area contributed by atoms with Gasteiger partial charge in [0.05, 0.1) is 0 Å². The quantitative estimate of drug-likeness (QED) is 0.870. The summed E-state index contributed by atoms with van der Waals surface area (Å²) in [4.78, 5) is 13.5. The van der Waals surface area contributed by atoms with E-state index in [0.29, 0.717) is 5.82 Å². The van der Waals surface area contributed by atoms with Gasteiger partial charge in [0, 0.05) is 34.2 Å². The Morgan fingerprint density at radius 3 is 2.90 bits per heavy atom. The van der Waals surface area contributed by atoms with E-state index in [1.165, 1.54) is 0 Å². The van der Waals surface area contributed by atoms with Crippen LogP contribution < -0.4 is 5.73 Å². The molecule has 0 aliphatic heterocycles. The Bertz CT molecular complexity index is 654. The SMILES string of the molecule is CC1(C)Cc2nc(-c3ncccc3Br)ncc2C(N)C1. The van der Waals surface area contributed by atoms with Crippen LogP contribution in [0.25, 0.3) is 11.5 Å². The molecule has 4 nitrogen and oxygen atoms in total. The number of halogens is 1. The molecular weight excluding hydrogens is 316 g/mol. The lowest BCUT2D eigenvalue weighted by Crippen LogP contribution is -2.30. The van der Waals surface area contributed by atoms with E-state index < -0.39 is 0 Å². The van der Waals surface area contributed by atoms with Gasteiger partial charge in [-0.3, -0.25) is 4.98 Å². The number of pyridine rings is 1. The maximum atomic E-state index is 6.24. The third-order valence-corrected chi connectivity index (χ3v) is 4.33. The van der Waals surface area contributed by atoms with Crippen LogP contribution in [0.4, 0.5) is 0 Å². The van der Waals surface area contributed by atoms with E-state index in [9.17, 15) is 0 Å². The Morgan fingerprint density at radius 2 is 2.15 bits per heavy atom. The lowest BCUT2D eigenvalue weighted by atomic mass is 9.74. The molecule has 0 aromatic carbocycles. The smallest absolute Gasteiger partial charge is 0.179 e. The summed E-state index contributed by atoms with van der Waals surface area (Å²) in [6.07, 6.45) is 5.50. The van der Waals surface area contributed by atoms with Crippen LogP contribution >= 0.6 is 15.9 Å². The fourth-order valence-electron chi connectivity index (χ4n) is 2.77. The van der Waals surface area contributed by atoms with Crippen molar-refractivity contribution in [2.75, 3.05) is 0 Å². The molecule has 1 aliphatic rings. The van der Waals surface area contributed by atoms with Crippen LogP contribution in [0.3, 0.4) is 0 Å². The number of nitrogens with two attached hydrogens (primary N) is 1. The van der Waals surface area contributed by atoms with Crippen molar-refractivity contribution in [2.45, 2.75) is 32.7 Å². The Kier molecular flexibility index (Phi) is 3.34. The highest BCUT2D eigenvalue weighted by atomic mass is 79.9. The minimum Gasteiger partial charge on any atom is -0.324 e. The first-order valence-corrected chi connectivity index (χ1v) is 7.48. The second kappa shape index (κ2) is 4.90. The van der Waals surface area contributed by atoms with Gasteiger partial charge in [-0.05, 0) is 46.3 Å². The van der Waals surface area contributed by atoms with Gasteiger partial charge in [0.2, 0.25) is 0 Å². The zero-order valence-electron chi connectivity index (χ0n) is 11.6. The molecule has 1 unspecified atom stereocenters. The summed E-state index contributed by atoms with van der Waals surface area (Å²) in [5, 5.41) is 0. The molecule has 2 aromatic rings. The molecule has 2 aromatic heterocycles. The van der Waals surface area contributed by atoms with Crippen LogP contribution in [0.15, 0.2) is 29.0 Å². The molecule has 3 rings (SSSR count). The van der Waals surface area contributed by atoms with Gasteiger partial charge in [0.15, 0.2) is 5.82 Å². The molecule has 0 radical (unpaired) electrons. The molecule has 1 atom stereocenters. The molecule has 0 saturated heterocycles. The van der Waals surface area contributed by atoms with E-state index in [4.69, 9.17) is 10.7 Å². The number of fused-ring (bicyclic) bond motifs is 1. The van der Waals surface area contributed by atoms with Crippen molar-refractivity contribution in [3.8, 4) is 11.5 Å². The fourth-order valence-corrected chi connectivity index (χ4v) is 3.21. The van der Waals surface area contributed by atoms with E-state index >= 15 is 0 Å². The van der Waals surface area contributed by atoms with Gasteiger partial charge in [0.1, 0.15) is 5.69 Å². The number of rotatable bonds is 1. The molecule has 0 bridgehead atoms. The fraction of sp³-hybridized carbons (Fsp3) is 0.400.